The predicted molar refractivity (Wildman–Crippen MR) is 93.4 cm³/mol. The van der Waals surface area contributed by atoms with Crippen molar-refractivity contribution in [3.8, 4) is 17.3 Å². The van der Waals surface area contributed by atoms with Crippen molar-refractivity contribution in [3.05, 3.63) is 71.2 Å². The molecule has 1 aromatic carbocycles. The Labute approximate surface area is 144 Å². The second kappa shape index (κ2) is 5.98. The molecule has 0 saturated heterocycles. The maximum atomic E-state index is 12.6. The van der Waals surface area contributed by atoms with Crippen LogP contribution < -0.4 is 10.2 Å². The Balaban J connectivity index is 1.96. The number of pyridine rings is 1. The molecule has 0 atom stereocenters. The van der Waals surface area contributed by atoms with E-state index in [1.807, 2.05) is 66.1 Å². The van der Waals surface area contributed by atoms with Gasteiger partial charge < -0.3 is 4.42 Å². The van der Waals surface area contributed by atoms with Crippen LogP contribution in [0.5, 0.6) is 0 Å². The normalized spacial score (nSPS) is 11.1. The molecule has 0 amide bonds. The lowest BCUT2D eigenvalue weighted by atomic mass is 10.1. The van der Waals surface area contributed by atoms with Gasteiger partial charge in [0.05, 0.1) is 18.0 Å². The number of nitrogens with zero attached hydrogens (tertiary/aromatic N) is 4. The van der Waals surface area contributed by atoms with E-state index in [9.17, 15) is 4.79 Å². The standard InChI is InChI=1S/C19H17N4O2/c1-3-13-6-4-8-15-16(13)19(24)25-18(21-15)14-7-5-9-20-17(14)23-11-10-22(2)12-23/h4-12H,3H2,1-2H3/q+1. The van der Waals surface area contributed by atoms with Crippen molar-refractivity contribution in [3.63, 3.8) is 0 Å². The van der Waals surface area contributed by atoms with Crippen LogP contribution in [-0.4, -0.2) is 14.5 Å². The largest absolute Gasteiger partial charge is 0.403 e. The summed E-state index contributed by atoms with van der Waals surface area (Å²) in [7, 11) is 1.93. The highest BCUT2D eigenvalue weighted by molar-refractivity contribution is 5.82. The van der Waals surface area contributed by atoms with Gasteiger partial charge in [-0.05, 0) is 30.2 Å². The van der Waals surface area contributed by atoms with Crippen molar-refractivity contribution < 1.29 is 8.98 Å². The maximum Gasteiger partial charge on any atom is 0.347 e. The molecule has 6 nitrogen and oxygen atoms in total. The van der Waals surface area contributed by atoms with Crippen LogP contribution in [0.2, 0.25) is 0 Å². The van der Waals surface area contributed by atoms with Gasteiger partial charge in [0.1, 0.15) is 18.0 Å². The topological polar surface area (TPSA) is 64.8 Å². The van der Waals surface area contributed by atoms with Gasteiger partial charge in [-0.3, -0.25) is 0 Å². The summed E-state index contributed by atoms with van der Waals surface area (Å²) >= 11 is 0. The molecular weight excluding hydrogens is 316 g/mol. The van der Waals surface area contributed by atoms with Gasteiger partial charge in [0, 0.05) is 6.20 Å². The van der Waals surface area contributed by atoms with Crippen molar-refractivity contribution in [2.75, 3.05) is 0 Å². The first-order valence-electron chi connectivity index (χ1n) is 8.09. The summed E-state index contributed by atoms with van der Waals surface area (Å²) in [5.41, 5.74) is 1.87. The number of fused-ring (bicyclic) bond motifs is 1. The first-order valence-corrected chi connectivity index (χ1v) is 8.09. The van der Waals surface area contributed by atoms with Gasteiger partial charge in [0.15, 0.2) is 0 Å². The fourth-order valence-electron chi connectivity index (χ4n) is 2.94. The molecule has 0 aliphatic heterocycles. The summed E-state index contributed by atoms with van der Waals surface area (Å²) in [6.45, 7) is 2.01. The number of aromatic nitrogens is 4. The molecule has 0 N–H and O–H groups in total. The lowest BCUT2D eigenvalue weighted by molar-refractivity contribution is -0.670. The van der Waals surface area contributed by atoms with Crippen LogP contribution in [0.15, 0.2) is 64.5 Å². The number of hydrogen-bond acceptors (Lipinski definition) is 4. The van der Waals surface area contributed by atoms with Crippen molar-refractivity contribution >= 4 is 10.9 Å². The summed E-state index contributed by atoms with van der Waals surface area (Å²) in [4.78, 5) is 21.6. The van der Waals surface area contributed by atoms with E-state index in [4.69, 9.17) is 4.42 Å². The smallest absolute Gasteiger partial charge is 0.347 e. The van der Waals surface area contributed by atoms with Crippen LogP contribution in [0.3, 0.4) is 0 Å². The van der Waals surface area contributed by atoms with E-state index >= 15 is 0 Å². The maximum absolute atomic E-state index is 12.6. The van der Waals surface area contributed by atoms with Crippen molar-refractivity contribution in [1.29, 1.82) is 0 Å². The molecule has 3 heterocycles. The summed E-state index contributed by atoms with van der Waals surface area (Å²) in [6.07, 6.45) is 8.14. The second-order valence-corrected chi connectivity index (χ2v) is 5.83. The van der Waals surface area contributed by atoms with Gasteiger partial charge in [-0.2, -0.15) is 4.57 Å². The lowest BCUT2D eigenvalue weighted by Gasteiger charge is -2.06. The highest BCUT2D eigenvalue weighted by Gasteiger charge is 2.18. The fraction of sp³-hybridized carbons (Fsp3) is 0.158. The molecular formula is C19H17N4O2+. The summed E-state index contributed by atoms with van der Waals surface area (Å²) in [5, 5.41) is 0.548. The zero-order valence-corrected chi connectivity index (χ0v) is 14.0. The van der Waals surface area contributed by atoms with Crippen LogP contribution in [0.1, 0.15) is 12.5 Å². The first kappa shape index (κ1) is 15.3. The molecule has 6 heteroatoms. The Morgan fingerprint density at radius 1 is 1.24 bits per heavy atom. The summed E-state index contributed by atoms with van der Waals surface area (Å²) < 4.78 is 9.34. The third kappa shape index (κ3) is 2.61. The third-order valence-electron chi connectivity index (χ3n) is 4.16. The van der Waals surface area contributed by atoms with Crippen molar-refractivity contribution in [2.24, 2.45) is 7.05 Å². The SMILES string of the molecule is CCc1cccc2nc(-c3cccnc3-n3cc[n+](C)c3)oc(=O)c12. The molecule has 0 bridgehead atoms. The number of rotatable bonds is 3. The molecule has 124 valence electrons. The Morgan fingerprint density at radius 3 is 2.88 bits per heavy atom. The van der Waals surface area contributed by atoms with E-state index in [0.717, 1.165) is 12.0 Å². The Kier molecular flexibility index (Phi) is 3.65. The number of hydrogen-bond donors (Lipinski definition) is 0. The zero-order valence-electron chi connectivity index (χ0n) is 14.0. The van der Waals surface area contributed by atoms with E-state index < -0.39 is 0 Å². The van der Waals surface area contributed by atoms with Crippen LogP contribution in [0.25, 0.3) is 28.2 Å². The minimum absolute atomic E-state index is 0.269. The summed E-state index contributed by atoms with van der Waals surface area (Å²) in [5.74, 6) is 0.926. The minimum Gasteiger partial charge on any atom is -0.403 e. The highest BCUT2D eigenvalue weighted by atomic mass is 16.4. The van der Waals surface area contributed by atoms with Gasteiger partial charge in [0.2, 0.25) is 18.0 Å². The number of benzene rings is 1. The Morgan fingerprint density at radius 2 is 2.12 bits per heavy atom. The fourth-order valence-corrected chi connectivity index (χ4v) is 2.94. The molecule has 3 aromatic heterocycles. The third-order valence-corrected chi connectivity index (χ3v) is 4.16. The van der Waals surface area contributed by atoms with Gasteiger partial charge in [-0.15, -0.1) is 0 Å². The molecule has 0 fully saturated rings. The van der Waals surface area contributed by atoms with E-state index in [0.29, 0.717) is 22.3 Å². The lowest BCUT2D eigenvalue weighted by Crippen LogP contribution is -2.23. The molecule has 0 aliphatic carbocycles. The average Bonchev–Trinajstić information content (AvgIpc) is 3.07. The highest BCUT2D eigenvalue weighted by Crippen LogP contribution is 2.24. The Hall–Kier alpha value is -3.28. The average molecular weight is 333 g/mol. The first-order chi connectivity index (χ1) is 12.2. The molecule has 25 heavy (non-hydrogen) atoms. The number of imidazole rings is 1. The van der Waals surface area contributed by atoms with Crippen molar-refractivity contribution in [2.45, 2.75) is 13.3 Å². The molecule has 4 aromatic rings. The molecule has 0 saturated carbocycles. The molecule has 0 spiro atoms. The zero-order chi connectivity index (χ0) is 17.4. The van der Waals surface area contributed by atoms with E-state index in [1.165, 1.54) is 0 Å². The van der Waals surface area contributed by atoms with E-state index in [2.05, 4.69) is 9.97 Å². The van der Waals surface area contributed by atoms with Crippen LogP contribution >= 0.6 is 0 Å². The number of aryl methyl sites for hydroxylation is 2. The minimum atomic E-state index is -0.370. The van der Waals surface area contributed by atoms with Gasteiger partial charge >= 0.3 is 5.63 Å². The van der Waals surface area contributed by atoms with E-state index in [1.54, 1.807) is 12.3 Å². The van der Waals surface area contributed by atoms with Crippen LogP contribution in [-0.2, 0) is 13.5 Å². The van der Waals surface area contributed by atoms with Crippen molar-refractivity contribution in [1.82, 2.24) is 14.5 Å². The van der Waals surface area contributed by atoms with E-state index in [-0.39, 0.29) is 11.5 Å². The molecule has 0 unspecified atom stereocenters. The second-order valence-electron chi connectivity index (χ2n) is 5.83. The molecule has 4 rings (SSSR count). The summed E-state index contributed by atoms with van der Waals surface area (Å²) in [6, 6.07) is 9.32. The monoisotopic (exact) mass is 333 g/mol. The van der Waals surface area contributed by atoms with Gasteiger partial charge in [0.25, 0.3) is 0 Å². The van der Waals surface area contributed by atoms with Gasteiger partial charge in [-0.1, -0.05) is 19.1 Å². The molecule has 0 radical (unpaired) electrons. The van der Waals surface area contributed by atoms with Crippen LogP contribution in [0, 0.1) is 0 Å². The van der Waals surface area contributed by atoms with Gasteiger partial charge in [-0.25, -0.2) is 19.3 Å². The molecule has 0 aliphatic rings. The Bertz CT molecular complexity index is 1130. The predicted octanol–water partition coefficient (Wildman–Crippen LogP) is 2.43. The van der Waals surface area contributed by atoms with Crippen LogP contribution in [0.4, 0.5) is 0 Å². The quantitative estimate of drug-likeness (QED) is 0.540.